The first-order chi connectivity index (χ1) is 11.7. The van der Waals surface area contributed by atoms with Gasteiger partial charge in [0.25, 0.3) is 0 Å². The number of alkyl halides is 3. The van der Waals surface area contributed by atoms with Crippen LogP contribution < -0.4 is 0 Å². The number of aliphatic hydroxyl groups excluding tert-OH is 1. The Morgan fingerprint density at radius 1 is 1.32 bits per heavy atom. The van der Waals surface area contributed by atoms with Gasteiger partial charge in [-0.3, -0.25) is 4.90 Å². The number of hydrogen-bond acceptors (Lipinski definition) is 3. The van der Waals surface area contributed by atoms with Crippen molar-refractivity contribution >= 4 is 11.0 Å². The standard InChI is InChI=1S/C18H24F3N3O/c1-10(2)17-22-13-8-11(7-12(16(13)23-17)18(19,20)21)9-24(3)14-5-4-6-15(14)25/h7-8,10,14-15,25H,4-6,9H2,1-3H3,(H,22,23)/t14-,15-/m0/s1. The molecule has 0 aliphatic heterocycles. The van der Waals surface area contributed by atoms with Crippen LogP contribution in [0.4, 0.5) is 13.2 Å². The molecule has 0 radical (unpaired) electrons. The van der Waals surface area contributed by atoms with Crippen LogP contribution in [0.2, 0.25) is 0 Å². The fourth-order valence-electron chi connectivity index (χ4n) is 3.62. The van der Waals surface area contributed by atoms with Crippen LogP contribution >= 0.6 is 0 Å². The molecule has 1 aromatic carbocycles. The molecule has 0 amide bonds. The third-order valence-electron chi connectivity index (χ3n) is 4.96. The predicted octanol–water partition coefficient (Wildman–Crippen LogP) is 4.05. The van der Waals surface area contributed by atoms with Crippen LogP contribution in [-0.2, 0) is 12.7 Å². The predicted molar refractivity (Wildman–Crippen MR) is 90.3 cm³/mol. The second-order valence-electron chi connectivity index (χ2n) is 7.29. The molecule has 138 valence electrons. The summed E-state index contributed by atoms with van der Waals surface area (Å²) in [5, 5.41) is 10.0. The number of halogens is 3. The van der Waals surface area contributed by atoms with Crippen molar-refractivity contribution in [2.24, 2.45) is 0 Å². The van der Waals surface area contributed by atoms with E-state index in [-0.39, 0.29) is 17.5 Å². The first-order valence-corrected chi connectivity index (χ1v) is 8.65. The lowest BCUT2D eigenvalue weighted by Gasteiger charge is -2.27. The molecule has 25 heavy (non-hydrogen) atoms. The molecule has 4 nitrogen and oxygen atoms in total. The maximum atomic E-state index is 13.5. The van der Waals surface area contributed by atoms with E-state index in [1.807, 2.05) is 25.8 Å². The molecule has 7 heteroatoms. The number of likely N-dealkylation sites (N-methyl/N-ethyl adjacent to an activating group) is 1. The monoisotopic (exact) mass is 355 g/mol. The Morgan fingerprint density at radius 2 is 2.04 bits per heavy atom. The second kappa shape index (κ2) is 6.61. The number of H-pyrrole nitrogens is 1. The SMILES string of the molecule is CC(C)c1nc2c(C(F)(F)F)cc(CN(C)[C@H]3CCC[C@@H]3O)cc2[nH]1. The molecular formula is C18H24F3N3O. The lowest BCUT2D eigenvalue weighted by Crippen LogP contribution is -2.37. The van der Waals surface area contributed by atoms with E-state index in [9.17, 15) is 18.3 Å². The third-order valence-corrected chi connectivity index (χ3v) is 4.96. The van der Waals surface area contributed by atoms with Crippen LogP contribution in [0.3, 0.4) is 0 Å². The van der Waals surface area contributed by atoms with Gasteiger partial charge in [0.2, 0.25) is 0 Å². The summed E-state index contributed by atoms with van der Waals surface area (Å²) in [6.07, 6.45) is -2.30. The van der Waals surface area contributed by atoms with E-state index in [2.05, 4.69) is 9.97 Å². The summed E-state index contributed by atoms with van der Waals surface area (Å²) >= 11 is 0. The number of aromatic nitrogens is 2. The fraction of sp³-hybridized carbons (Fsp3) is 0.611. The number of nitrogens with zero attached hydrogens (tertiary/aromatic N) is 2. The van der Waals surface area contributed by atoms with Crippen molar-refractivity contribution in [3.8, 4) is 0 Å². The Kier molecular flexibility index (Phi) is 4.81. The maximum absolute atomic E-state index is 13.5. The van der Waals surface area contributed by atoms with E-state index in [4.69, 9.17) is 0 Å². The number of benzene rings is 1. The van der Waals surface area contributed by atoms with Crippen LogP contribution in [0, 0.1) is 0 Å². The summed E-state index contributed by atoms with van der Waals surface area (Å²) in [4.78, 5) is 9.12. The summed E-state index contributed by atoms with van der Waals surface area (Å²) in [5.41, 5.74) is 0.251. The van der Waals surface area contributed by atoms with Crippen LogP contribution in [0.25, 0.3) is 11.0 Å². The highest BCUT2D eigenvalue weighted by molar-refractivity contribution is 5.80. The summed E-state index contributed by atoms with van der Waals surface area (Å²) in [7, 11) is 1.85. The quantitative estimate of drug-likeness (QED) is 0.870. The van der Waals surface area contributed by atoms with Gasteiger partial charge < -0.3 is 10.1 Å². The first-order valence-electron chi connectivity index (χ1n) is 8.65. The summed E-state index contributed by atoms with van der Waals surface area (Å²) in [6, 6.07) is 2.92. The van der Waals surface area contributed by atoms with Crippen molar-refractivity contribution in [1.82, 2.24) is 14.9 Å². The van der Waals surface area contributed by atoms with E-state index < -0.39 is 17.8 Å². The van der Waals surface area contributed by atoms with Crippen molar-refractivity contribution in [3.63, 3.8) is 0 Å². The molecule has 2 aromatic rings. The highest BCUT2D eigenvalue weighted by Gasteiger charge is 2.35. The van der Waals surface area contributed by atoms with E-state index in [0.29, 0.717) is 23.4 Å². The van der Waals surface area contributed by atoms with Crippen LogP contribution in [0.1, 0.15) is 56.0 Å². The lowest BCUT2D eigenvalue weighted by molar-refractivity contribution is -0.136. The number of imidazole rings is 1. The molecule has 0 unspecified atom stereocenters. The molecule has 1 aliphatic carbocycles. The number of nitrogens with one attached hydrogen (secondary N) is 1. The van der Waals surface area contributed by atoms with Gasteiger partial charge in [-0.25, -0.2) is 4.98 Å². The Bertz CT molecular complexity index is 754. The van der Waals surface area contributed by atoms with Gasteiger partial charge in [0.05, 0.1) is 17.2 Å². The number of rotatable bonds is 4. The number of hydrogen-bond donors (Lipinski definition) is 2. The van der Waals surface area contributed by atoms with Crippen molar-refractivity contribution in [3.05, 3.63) is 29.1 Å². The Hall–Kier alpha value is -1.60. The van der Waals surface area contributed by atoms with Crippen molar-refractivity contribution < 1.29 is 18.3 Å². The average Bonchev–Trinajstić information content (AvgIpc) is 3.11. The Labute approximate surface area is 145 Å². The molecule has 1 saturated carbocycles. The third kappa shape index (κ3) is 3.67. The van der Waals surface area contributed by atoms with Gasteiger partial charge in [-0.2, -0.15) is 13.2 Å². The van der Waals surface area contributed by atoms with E-state index in [1.165, 1.54) is 6.07 Å². The molecule has 1 aromatic heterocycles. The minimum atomic E-state index is -4.46. The van der Waals surface area contributed by atoms with E-state index in [0.717, 1.165) is 19.3 Å². The van der Waals surface area contributed by atoms with Gasteiger partial charge in [-0.05, 0) is 44.0 Å². The molecule has 1 aliphatic rings. The summed E-state index contributed by atoms with van der Waals surface area (Å²) < 4.78 is 40.5. The van der Waals surface area contributed by atoms with Crippen LogP contribution in [-0.4, -0.2) is 39.2 Å². The maximum Gasteiger partial charge on any atom is 0.418 e. The first kappa shape index (κ1) is 18.2. The lowest BCUT2D eigenvalue weighted by atomic mass is 10.1. The number of aliphatic hydroxyl groups is 1. The van der Waals surface area contributed by atoms with Crippen LogP contribution in [0.5, 0.6) is 0 Å². The highest BCUT2D eigenvalue weighted by Crippen LogP contribution is 2.36. The van der Waals surface area contributed by atoms with Gasteiger partial charge >= 0.3 is 6.18 Å². The minimum Gasteiger partial charge on any atom is -0.391 e. The molecule has 2 atom stereocenters. The molecular weight excluding hydrogens is 331 g/mol. The number of fused-ring (bicyclic) bond motifs is 1. The van der Waals surface area contributed by atoms with Gasteiger partial charge in [0.15, 0.2) is 0 Å². The Balaban J connectivity index is 1.98. The van der Waals surface area contributed by atoms with Gasteiger partial charge in [0.1, 0.15) is 11.3 Å². The second-order valence-corrected chi connectivity index (χ2v) is 7.29. The van der Waals surface area contributed by atoms with Crippen molar-refractivity contribution in [2.45, 2.75) is 63.9 Å². The minimum absolute atomic E-state index is 0.00183. The summed E-state index contributed by atoms with van der Waals surface area (Å²) in [5.74, 6) is 0.575. The molecule has 2 N–H and O–H groups in total. The largest absolute Gasteiger partial charge is 0.418 e. The molecule has 0 spiro atoms. The van der Waals surface area contributed by atoms with Crippen LogP contribution in [0.15, 0.2) is 12.1 Å². The molecule has 0 bridgehead atoms. The van der Waals surface area contributed by atoms with Gasteiger partial charge in [0, 0.05) is 18.5 Å². The normalized spacial score (nSPS) is 21.8. The molecule has 3 rings (SSSR count). The smallest absolute Gasteiger partial charge is 0.391 e. The number of aromatic amines is 1. The van der Waals surface area contributed by atoms with Crippen molar-refractivity contribution in [1.29, 1.82) is 0 Å². The molecule has 1 heterocycles. The van der Waals surface area contributed by atoms with Gasteiger partial charge in [-0.1, -0.05) is 13.8 Å². The zero-order valence-corrected chi connectivity index (χ0v) is 14.7. The zero-order chi connectivity index (χ0) is 18.4. The van der Waals surface area contributed by atoms with Crippen molar-refractivity contribution in [2.75, 3.05) is 7.05 Å². The highest BCUT2D eigenvalue weighted by atomic mass is 19.4. The topological polar surface area (TPSA) is 52.1 Å². The average molecular weight is 355 g/mol. The summed E-state index contributed by atoms with van der Waals surface area (Å²) in [6.45, 7) is 4.14. The van der Waals surface area contributed by atoms with E-state index in [1.54, 1.807) is 6.07 Å². The fourth-order valence-corrected chi connectivity index (χ4v) is 3.62. The van der Waals surface area contributed by atoms with E-state index >= 15 is 0 Å². The zero-order valence-electron chi connectivity index (χ0n) is 14.7. The van der Waals surface area contributed by atoms with Gasteiger partial charge in [-0.15, -0.1) is 0 Å². The molecule has 0 saturated heterocycles. The molecule has 1 fully saturated rings. The Morgan fingerprint density at radius 3 is 2.60 bits per heavy atom.